The monoisotopic (exact) mass is 456 g/mol. The molecule has 4 rings (SSSR count). The average molecular weight is 456 g/mol. The Morgan fingerprint density at radius 3 is 2.32 bits per heavy atom. The molecule has 0 bridgehead atoms. The Hall–Kier alpha value is -5.12. The van der Waals surface area contributed by atoms with Crippen molar-refractivity contribution in [3.05, 3.63) is 116 Å². The number of non-ortho nitro benzene ring substituents is 2. The van der Waals surface area contributed by atoms with E-state index in [2.05, 4.69) is 10.5 Å². The molecule has 10 heteroatoms. The van der Waals surface area contributed by atoms with Gasteiger partial charge in [-0.25, -0.2) is 4.79 Å². The average Bonchev–Trinajstić information content (AvgIpc) is 2.85. The molecule has 0 unspecified atom stereocenters. The Bertz CT molecular complexity index is 1430. The topological polar surface area (TPSA) is 137 Å². The first-order valence-corrected chi connectivity index (χ1v) is 9.94. The summed E-state index contributed by atoms with van der Waals surface area (Å²) >= 11 is 0. The van der Waals surface area contributed by atoms with Gasteiger partial charge in [0.25, 0.3) is 11.4 Å². The number of nitro groups is 2. The number of benzene rings is 4. The van der Waals surface area contributed by atoms with Gasteiger partial charge in [-0.2, -0.15) is 5.10 Å². The van der Waals surface area contributed by atoms with Crippen molar-refractivity contribution >= 4 is 40.0 Å². The van der Waals surface area contributed by atoms with E-state index >= 15 is 0 Å². The Morgan fingerprint density at radius 2 is 1.59 bits per heavy atom. The number of ether oxygens (including phenoxy) is 1. The van der Waals surface area contributed by atoms with Gasteiger partial charge in [0, 0.05) is 29.8 Å². The normalized spacial score (nSPS) is 10.8. The third-order valence-corrected chi connectivity index (χ3v) is 4.89. The predicted octanol–water partition coefficient (Wildman–Crippen LogP) is 5.32. The van der Waals surface area contributed by atoms with Crippen LogP contribution in [0.3, 0.4) is 0 Å². The Kier molecular flexibility index (Phi) is 6.22. The summed E-state index contributed by atoms with van der Waals surface area (Å²) in [5, 5.41) is 27.6. The molecule has 0 fully saturated rings. The van der Waals surface area contributed by atoms with Crippen molar-refractivity contribution < 1.29 is 19.4 Å². The zero-order chi connectivity index (χ0) is 24.1. The number of hydrogen-bond donors (Lipinski definition) is 1. The second-order valence-electron chi connectivity index (χ2n) is 7.07. The fraction of sp³-hybridized carbons (Fsp3) is 0. The van der Waals surface area contributed by atoms with Crippen LogP contribution in [0.4, 0.5) is 17.1 Å². The number of nitrogens with zero attached hydrogens (tertiary/aromatic N) is 3. The van der Waals surface area contributed by atoms with E-state index in [1.807, 2.05) is 24.3 Å². The molecule has 4 aromatic rings. The van der Waals surface area contributed by atoms with E-state index in [9.17, 15) is 25.0 Å². The summed E-state index contributed by atoms with van der Waals surface area (Å²) < 4.78 is 5.58. The molecule has 0 aliphatic heterocycles. The highest BCUT2D eigenvalue weighted by Gasteiger charge is 2.15. The maximum Gasteiger partial charge on any atom is 0.343 e. The van der Waals surface area contributed by atoms with Crippen molar-refractivity contribution in [1.82, 2.24) is 0 Å². The molecule has 0 aliphatic rings. The van der Waals surface area contributed by atoms with Crippen LogP contribution in [0, 0.1) is 20.2 Å². The van der Waals surface area contributed by atoms with E-state index in [1.54, 1.807) is 18.2 Å². The number of hydrogen-bond acceptors (Lipinski definition) is 8. The number of anilines is 1. The van der Waals surface area contributed by atoms with Crippen LogP contribution in [-0.4, -0.2) is 22.0 Å². The number of nitrogens with one attached hydrogen (secondary N) is 1. The van der Waals surface area contributed by atoms with Crippen LogP contribution in [0.1, 0.15) is 15.9 Å². The molecule has 0 saturated carbocycles. The third kappa shape index (κ3) is 4.86. The number of carbonyl (C=O) groups is 1. The molecule has 10 nitrogen and oxygen atoms in total. The molecule has 1 N–H and O–H groups in total. The summed E-state index contributed by atoms with van der Waals surface area (Å²) in [7, 11) is 0. The van der Waals surface area contributed by atoms with Crippen molar-refractivity contribution in [3.8, 4) is 5.75 Å². The minimum absolute atomic E-state index is 0.0805. The van der Waals surface area contributed by atoms with Crippen LogP contribution in [0.15, 0.2) is 90.0 Å². The Balaban J connectivity index is 1.63. The lowest BCUT2D eigenvalue weighted by atomic mass is 10.0. The highest BCUT2D eigenvalue weighted by Crippen LogP contribution is 2.28. The van der Waals surface area contributed by atoms with Gasteiger partial charge < -0.3 is 4.74 Å². The van der Waals surface area contributed by atoms with Gasteiger partial charge in [0.05, 0.1) is 27.3 Å². The number of hydrazone groups is 1. The quantitative estimate of drug-likeness (QED) is 0.131. The SMILES string of the molecule is O=C(Oc1ccc2ccccc2c1C=NNc1cccc([N+](=O)[O-])c1)c1ccc([N+](=O)[O-])cc1. The van der Waals surface area contributed by atoms with E-state index in [-0.39, 0.29) is 22.7 Å². The number of carbonyl (C=O) groups excluding carboxylic acids is 1. The number of nitro benzene ring substituents is 2. The van der Waals surface area contributed by atoms with Crippen molar-refractivity contribution in [2.75, 3.05) is 5.43 Å². The second-order valence-corrected chi connectivity index (χ2v) is 7.07. The maximum atomic E-state index is 12.7. The first-order valence-electron chi connectivity index (χ1n) is 9.94. The van der Waals surface area contributed by atoms with Crippen LogP contribution < -0.4 is 10.2 Å². The van der Waals surface area contributed by atoms with Crippen molar-refractivity contribution in [1.29, 1.82) is 0 Å². The molecule has 34 heavy (non-hydrogen) atoms. The molecule has 0 heterocycles. The molecule has 0 saturated heterocycles. The molecule has 0 spiro atoms. The lowest BCUT2D eigenvalue weighted by Gasteiger charge is -2.10. The van der Waals surface area contributed by atoms with Gasteiger partial charge in [0.2, 0.25) is 0 Å². The van der Waals surface area contributed by atoms with Crippen LogP contribution in [0.25, 0.3) is 10.8 Å². The van der Waals surface area contributed by atoms with Crippen molar-refractivity contribution in [2.45, 2.75) is 0 Å². The van der Waals surface area contributed by atoms with Gasteiger partial charge in [-0.05, 0) is 35.0 Å². The highest BCUT2D eigenvalue weighted by molar-refractivity contribution is 6.04. The smallest absolute Gasteiger partial charge is 0.343 e. The lowest BCUT2D eigenvalue weighted by Crippen LogP contribution is -2.10. The molecule has 0 amide bonds. The van der Waals surface area contributed by atoms with Gasteiger partial charge in [0.1, 0.15) is 5.75 Å². The molecule has 4 aromatic carbocycles. The van der Waals surface area contributed by atoms with Gasteiger partial charge in [-0.3, -0.25) is 25.7 Å². The zero-order valence-electron chi connectivity index (χ0n) is 17.5. The Labute approximate surface area is 192 Å². The summed E-state index contributed by atoms with van der Waals surface area (Å²) in [6.45, 7) is 0. The van der Waals surface area contributed by atoms with E-state index in [1.165, 1.54) is 48.7 Å². The molecule has 0 radical (unpaired) electrons. The minimum Gasteiger partial charge on any atom is -0.422 e. The number of fused-ring (bicyclic) bond motifs is 1. The van der Waals surface area contributed by atoms with Crippen LogP contribution in [0.2, 0.25) is 0 Å². The largest absolute Gasteiger partial charge is 0.422 e. The van der Waals surface area contributed by atoms with Crippen LogP contribution in [0.5, 0.6) is 5.75 Å². The molecule has 0 atom stereocenters. The van der Waals surface area contributed by atoms with E-state index in [0.29, 0.717) is 11.3 Å². The van der Waals surface area contributed by atoms with Gasteiger partial charge >= 0.3 is 5.97 Å². The molecule has 168 valence electrons. The first kappa shape index (κ1) is 22.1. The standard InChI is InChI=1S/C24H16N4O6/c29-24(17-8-11-19(12-9-17)27(30)31)34-23-13-10-16-4-1-2-7-21(16)22(23)15-25-26-18-5-3-6-20(14-18)28(32)33/h1-15,26H. The molecule has 0 aromatic heterocycles. The highest BCUT2D eigenvalue weighted by atomic mass is 16.6. The van der Waals surface area contributed by atoms with Gasteiger partial charge in [0.15, 0.2) is 0 Å². The number of esters is 1. The van der Waals surface area contributed by atoms with E-state index in [0.717, 1.165) is 10.8 Å². The summed E-state index contributed by atoms with van der Waals surface area (Å²) in [5.41, 5.74) is 3.59. The second kappa shape index (κ2) is 9.57. The third-order valence-electron chi connectivity index (χ3n) is 4.89. The fourth-order valence-corrected chi connectivity index (χ4v) is 3.24. The maximum absolute atomic E-state index is 12.7. The Morgan fingerprint density at radius 1 is 0.853 bits per heavy atom. The fourth-order valence-electron chi connectivity index (χ4n) is 3.24. The van der Waals surface area contributed by atoms with Crippen LogP contribution in [-0.2, 0) is 0 Å². The lowest BCUT2D eigenvalue weighted by molar-refractivity contribution is -0.385. The van der Waals surface area contributed by atoms with Crippen molar-refractivity contribution in [3.63, 3.8) is 0 Å². The summed E-state index contributed by atoms with van der Waals surface area (Å²) in [6, 6.07) is 21.8. The predicted molar refractivity (Wildman–Crippen MR) is 126 cm³/mol. The molecular weight excluding hydrogens is 440 g/mol. The summed E-state index contributed by atoms with van der Waals surface area (Å²) in [4.78, 5) is 33.4. The van der Waals surface area contributed by atoms with Crippen molar-refractivity contribution in [2.24, 2.45) is 5.10 Å². The van der Waals surface area contributed by atoms with Gasteiger partial charge in [-0.1, -0.05) is 36.4 Å². The summed E-state index contributed by atoms with van der Waals surface area (Å²) in [5.74, 6) is -0.460. The van der Waals surface area contributed by atoms with E-state index in [4.69, 9.17) is 4.74 Å². The first-order chi connectivity index (χ1) is 16.4. The zero-order valence-corrected chi connectivity index (χ0v) is 17.5. The molecular formula is C24H16N4O6. The summed E-state index contributed by atoms with van der Waals surface area (Å²) in [6.07, 6.45) is 1.46. The molecule has 0 aliphatic carbocycles. The minimum atomic E-state index is -0.688. The van der Waals surface area contributed by atoms with Crippen LogP contribution >= 0.6 is 0 Å². The number of rotatable bonds is 7. The van der Waals surface area contributed by atoms with Gasteiger partial charge in [-0.15, -0.1) is 0 Å². The van der Waals surface area contributed by atoms with E-state index < -0.39 is 15.8 Å².